The molecule has 0 aromatic heterocycles. The summed E-state index contributed by atoms with van der Waals surface area (Å²) in [6.45, 7) is 6.98. The predicted octanol–water partition coefficient (Wildman–Crippen LogP) is 6.04. The van der Waals surface area contributed by atoms with E-state index in [1.54, 1.807) is 12.2 Å². The largest absolute Gasteiger partial charge is 0.491 e. The van der Waals surface area contributed by atoms with Gasteiger partial charge < -0.3 is 14.2 Å². The number of ketones is 1. The summed E-state index contributed by atoms with van der Waals surface area (Å²) >= 11 is 0. The van der Waals surface area contributed by atoms with Gasteiger partial charge in [0.25, 0.3) is 0 Å². The first-order chi connectivity index (χ1) is 16.6. The number of rotatable bonds is 11. The number of fused-ring (bicyclic) bond motifs is 1. The van der Waals surface area contributed by atoms with Gasteiger partial charge in [-0.05, 0) is 31.1 Å². The lowest BCUT2D eigenvalue weighted by Crippen LogP contribution is -2.30. The number of benzene rings is 1. The van der Waals surface area contributed by atoms with Crippen LogP contribution in [0.3, 0.4) is 0 Å². The zero-order chi connectivity index (χ0) is 26.8. The van der Waals surface area contributed by atoms with Crippen molar-refractivity contribution < 1.29 is 38.4 Å². The average molecular weight is 539 g/mol. The third-order valence-corrected chi connectivity index (χ3v) is 6.38. The molecule has 200 valence electrons. The first kappa shape index (κ1) is 27.5. The second-order valence-electron chi connectivity index (χ2n) is 8.00. The molecule has 0 fully saturated rings. The third-order valence-electron chi connectivity index (χ3n) is 5.25. The van der Waals surface area contributed by atoms with Gasteiger partial charge in [-0.2, -0.15) is 10.1 Å². The Bertz CT molecular complexity index is 1130. The molecule has 0 amide bonds. The summed E-state index contributed by atoms with van der Waals surface area (Å²) in [4.78, 5) is 10.7. The lowest BCUT2D eigenvalue weighted by Gasteiger charge is -2.40. The van der Waals surface area contributed by atoms with E-state index in [9.17, 15) is 24.2 Å². The molecule has 3 rings (SSSR count). The highest BCUT2D eigenvalue weighted by Gasteiger charge is 2.65. The van der Waals surface area contributed by atoms with Crippen molar-refractivity contribution >= 4 is 27.7 Å². The summed E-state index contributed by atoms with van der Waals surface area (Å²) in [6.07, 6.45) is 4.65. The third kappa shape index (κ3) is 6.55. The molecule has 0 N–H and O–H groups in total. The number of hydrogen-bond donors (Lipinski definition) is 0. The summed E-state index contributed by atoms with van der Waals surface area (Å²) < 4.78 is 83.3. The van der Waals surface area contributed by atoms with Crippen molar-refractivity contribution in [3.8, 4) is 5.75 Å². The maximum absolute atomic E-state index is 13.5. The normalized spacial score (nSPS) is 17.4. The van der Waals surface area contributed by atoms with Gasteiger partial charge in [-0.1, -0.05) is 39.9 Å². The molecule has 0 saturated carbocycles. The van der Waals surface area contributed by atoms with Crippen LogP contribution in [-0.4, -0.2) is 60.5 Å². The number of ether oxygens (including phenoxy) is 3. The Labute approximate surface area is 205 Å². The molecule has 0 bridgehead atoms. The first-order valence-electron chi connectivity index (χ1n) is 11.0. The highest BCUT2D eigenvalue weighted by atomic mass is 32.5. The Hall–Kier alpha value is -3.13. The van der Waals surface area contributed by atoms with E-state index in [0.717, 1.165) is 23.9 Å². The fraction of sp³-hybridized carbons (Fsp3) is 0.409. The Morgan fingerprint density at radius 1 is 1.06 bits per heavy atom. The van der Waals surface area contributed by atoms with Gasteiger partial charge >= 0.3 is 10.2 Å². The van der Waals surface area contributed by atoms with E-state index in [2.05, 4.69) is 16.8 Å². The molecular formula is C22H27F5N4O4S. The Morgan fingerprint density at radius 3 is 2.36 bits per heavy atom. The van der Waals surface area contributed by atoms with Crippen molar-refractivity contribution in [1.82, 2.24) is 10.0 Å². The Balaban J connectivity index is 1.83. The van der Waals surface area contributed by atoms with Crippen LogP contribution in [0.5, 0.6) is 5.75 Å². The monoisotopic (exact) mass is 538 g/mol. The van der Waals surface area contributed by atoms with E-state index in [0.29, 0.717) is 11.7 Å². The number of hydrogen-bond acceptors (Lipinski definition) is 8. The molecule has 1 aromatic carbocycles. The number of carbonyl (C=O) groups is 1. The van der Waals surface area contributed by atoms with Gasteiger partial charge in [0.05, 0.1) is 12.7 Å². The predicted molar refractivity (Wildman–Crippen MR) is 127 cm³/mol. The summed E-state index contributed by atoms with van der Waals surface area (Å²) in [7, 11) is -8.76. The Kier molecular flexibility index (Phi) is 7.16. The van der Waals surface area contributed by atoms with Crippen LogP contribution >= 0.6 is 10.2 Å². The molecule has 0 saturated heterocycles. The molecule has 0 spiro atoms. The van der Waals surface area contributed by atoms with E-state index in [1.165, 1.54) is 12.1 Å². The molecule has 1 aromatic rings. The highest BCUT2D eigenvalue weighted by Crippen LogP contribution is 3.02. The second kappa shape index (κ2) is 9.39. The van der Waals surface area contributed by atoms with Crippen LogP contribution in [0.15, 0.2) is 57.8 Å². The molecule has 8 nitrogen and oxygen atoms in total. The van der Waals surface area contributed by atoms with Gasteiger partial charge in [0, 0.05) is 24.8 Å². The van der Waals surface area contributed by atoms with Crippen molar-refractivity contribution in [3.63, 3.8) is 0 Å². The average Bonchev–Trinajstić information content (AvgIpc) is 3.10. The molecule has 0 unspecified atom stereocenters. The molecule has 14 heteroatoms. The van der Waals surface area contributed by atoms with Crippen LogP contribution < -0.4 is 4.74 Å². The molecule has 0 radical (unpaired) electrons. The second-order valence-corrected chi connectivity index (χ2v) is 10.4. The topological polar surface area (TPSA) is 76.0 Å². The molecule has 2 aliphatic rings. The molecule has 36 heavy (non-hydrogen) atoms. The molecule has 2 aliphatic heterocycles. The zero-order valence-corrected chi connectivity index (χ0v) is 20.7. The molecule has 0 atom stereocenters. The summed E-state index contributed by atoms with van der Waals surface area (Å²) in [5.74, 6) is -0.718. The van der Waals surface area contributed by atoms with Crippen LogP contribution in [0, 0.1) is 0 Å². The van der Waals surface area contributed by atoms with Crippen molar-refractivity contribution in [2.24, 2.45) is 10.2 Å². The van der Waals surface area contributed by atoms with Gasteiger partial charge in [0.1, 0.15) is 29.6 Å². The van der Waals surface area contributed by atoms with Crippen molar-refractivity contribution in [1.29, 1.82) is 0 Å². The van der Waals surface area contributed by atoms with Gasteiger partial charge in [0.15, 0.2) is 11.6 Å². The minimum atomic E-state index is -10.1. The molecule has 2 heterocycles. The maximum atomic E-state index is 13.5. The zero-order valence-electron chi connectivity index (χ0n) is 19.9. The van der Waals surface area contributed by atoms with Gasteiger partial charge in [-0.25, -0.2) is 5.01 Å². The van der Waals surface area contributed by atoms with E-state index in [4.69, 9.17) is 14.2 Å². The van der Waals surface area contributed by atoms with Crippen LogP contribution in [0.1, 0.15) is 37.0 Å². The van der Waals surface area contributed by atoms with E-state index < -0.39 is 38.8 Å². The lowest BCUT2D eigenvalue weighted by molar-refractivity contribution is 0.0946. The van der Waals surface area contributed by atoms with Crippen molar-refractivity contribution in [3.05, 3.63) is 48.3 Å². The lowest BCUT2D eigenvalue weighted by atomic mass is 10.1. The van der Waals surface area contributed by atoms with Crippen LogP contribution in [0.4, 0.5) is 19.4 Å². The molecular weight excluding hydrogens is 511 g/mol. The van der Waals surface area contributed by atoms with Crippen LogP contribution in [-0.2, 0) is 9.47 Å². The van der Waals surface area contributed by atoms with Crippen molar-refractivity contribution in [2.75, 3.05) is 26.9 Å². The fourth-order valence-corrected chi connectivity index (χ4v) is 3.97. The van der Waals surface area contributed by atoms with Gasteiger partial charge in [-0.3, -0.25) is 4.79 Å². The van der Waals surface area contributed by atoms with E-state index >= 15 is 0 Å². The fourth-order valence-electron chi connectivity index (χ4n) is 3.28. The standard InChI is InChI=1S/C22H27F5N4O4S/c1-5-17(6-2)35-22-8-7-21-28-30(15(3)31(21)29-22)14-20(32)16-11-18(34-10-9-33-4)13-19(12-16)36(23,24,25,26)27/h7-8,11-13,17H,3,5-6,9-10,14H2,1-2,4H3. The number of carbonyl (C=O) groups excluding carboxylic acids is 1. The maximum Gasteiger partial charge on any atom is 0.310 e. The van der Waals surface area contributed by atoms with Crippen LogP contribution in [0.2, 0.25) is 0 Å². The number of Topliss-reactive ketones (excluding diaryl/α,β-unsaturated/α-hetero) is 1. The molecule has 0 aliphatic carbocycles. The van der Waals surface area contributed by atoms with E-state index in [-0.39, 0.29) is 37.3 Å². The summed E-state index contributed by atoms with van der Waals surface area (Å²) in [5.41, 5.74) is -0.622. The van der Waals surface area contributed by atoms with Gasteiger partial charge in [-0.15, -0.1) is 5.10 Å². The number of nitrogens with zero attached hydrogens (tertiary/aromatic N) is 4. The minimum absolute atomic E-state index is 0.00183. The smallest absolute Gasteiger partial charge is 0.310 e. The van der Waals surface area contributed by atoms with Crippen LogP contribution in [0.25, 0.3) is 0 Å². The first-order valence-corrected chi connectivity index (χ1v) is 12.9. The highest BCUT2D eigenvalue weighted by molar-refractivity contribution is 8.45. The minimum Gasteiger partial charge on any atom is -0.491 e. The van der Waals surface area contributed by atoms with Gasteiger partial charge in [0.2, 0.25) is 5.90 Å². The van der Waals surface area contributed by atoms with E-state index in [1.807, 2.05) is 13.8 Å². The number of methoxy groups -OCH3 is 1. The number of halogens is 5. The number of hydrazone groups is 2. The Morgan fingerprint density at radius 2 is 1.75 bits per heavy atom. The van der Waals surface area contributed by atoms with Crippen molar-refractivity contribution in [2.45, 2.75) is 37.7 Å². The summed E-state index contributed by atoms with van der Waals surface area (Å²) in [5, 5.41) is 10.9. The summed E-state index contributed by atoms with van der Waals surface area (Å²) in [6, 6.07) is 1.25. The number of amidine groups is 1. The quantitative estimate of drug-likeness (QED) is 0.194. The SMILES string of the molecule is C=C1N(CC(=O)c2cc(OCCOC)cc(S(F)(F)(F)(F)F)c2)N=C2C=CC(OC(CC)CC)=NN12.